The van der Waals surface area contributed by atoms with Gasteiger partial charge < -0.3 is 19.9 Å². The number of hydrogen-bond donors (Lipinski definition) is 2. The van der Waals surface area contributed by atoms with Crippen LogP contribution in [0.5, 0.6) is 5.75 Å². The highest BCUT2D eigenvalue weighted by Gasteiger charge is 2.23. The quantitative estimate of drug-likeness (QED) is 0.799. The lowest BCUT2D eigenvalue weighted by molar-refractivity contribution is -0.892. The molecule has 1 heterocycles. The van der Waals surface area contributed by atoms with E-state index in [1.54, 1.807) is 13.2 Å². The van der Waals surface area contributed by atoms with Gasteiger partial charge in [-0.3, -0.25) is 4.79 Å². The van der Waals surface area contributed by atoms with Crippen LogP contribution in [0, 0.1) is 6.92 Å². The van der Waals surface area contributed by atoms with E-state index in [1.807, 2.05) is 31.2 Å². The Balaban J connectivity index is 1.55. The summed E-state index contributed by atoms with van der Waals surface area (Å²) in [5.74, 6) is 0.780. The number of aryl methyl sites for hydroxylation is 1. The first-order valence-electron chi connectivity index (χ1n) is 8.95. The summed E-state index contributed by atoms with van der Waals surface area (Å²) in [5, 5.41) is 3.82. The van der Waals surface area contributed by atoms with Crippen molar-refractivity contribution in [2.75, 3.05) is 50.1 Å². The van der Waals surface area contributed by atoms with Gasteiger partial charge in [0.1, 0.15) is 5.75 Å². The van der Waals surface area contributed by atoms with Gasteiger partial charge in [-0.2, -0.15) is 0 Å². The minimum Gasteiger partial charge on any atom is -0.497 e. The number of piperazine rings is 1. The molecule has 1 amide bonds. The highest BCUT2D eigenvalue weighted by molar-refractivity contribution is 6.40. The van der Waals surface area contributed by atoms with Crippen LogP contribution in [0.25, 0.3) is 0 Å². The number of nitrogens with one attached hydrogen (secondary N) is 2. The fourth-order valence-electron chi connectivity index (χ4n) is 3.25. The third kappa shape index (κ3) is 4.86. The molecule has 1 saturated heterocycles. The van der Waals surface area contributed by atoms with E-state index >= 15 is 0 Å². The summed E-state index contributed by atoms with van der Waals surface area (Å²) in [5.41, 5.74) is 2.53. The molecule has 0 saturated carbocycles. The van der Waals surface area contributed by atoms with E-state index in [-0.39, 0.29) is 5.91 Å². The van der Waals surface area contributed by atoms with Crippen molar-refractivity contribution in [2.24, 2.45) is 0 Å². The fraction of sp³-hybridized carbons (Fsp3) is 0.350. The van der Waals surface area contributed by atoms with Crippen molar-refractivity contribution in [3.8, 4) is 5.75 Å². The van der Waals surface area contributed by atoms with E-state index in [4.69, 9.17) is 27.9 Å². The van der Waals surface area contributed by atoms with Gasteiger partial charge in [0.05, 0.1) is 49.0 Å². The molecule has 0 atom stereocenters. The number of nitrogens with zero attached hydrogens (tertiary/aromatic N) is 1. The van der Waals surface area contributed by atoms with Crippen molar-refractivity contribution in [3.05, 3.63) is 52.0 Å². The zero-order valence-electron chi connectivity index (χ0n) is 15.5. The van der Waals surface area contributed by atoms with E-state index in [9.17, 15) is 4.79 Å². The van der Waals surface area contributed by atoms with Crippen molar-refractivity contribution >= 4 is 40.5 Å². The predicted octanol–water partition coefficient (Wildman–Crippen LogP) is 2.65. The molecule has 0 aromatic heterocycles. The Kier molecular flexibility index (Phi) is 6.47. The highest BCUT2D eigenvalue weighted by Crippen LogP contribution is 2.32. The zero-order valence-corrected chi connectivity index (χ0v) is 17.0. The standard InChI is InChI=1S/C20H23Cl2N3O2/c1-14-6-7-17(21)20(19(14)22)23-18(26)13-24-8-10-25(11-9-24)15-4-3-5-16(12-15)27-2/h3-7,12H,8-11,13H2,1-2H3,(H,23,26)/p+1. The molecule has 144 valence electrons. The van der Waals surface area contributed by atoms with Gasteiger partial charge >= 0.3 is 0 Å². The molecular weight excluding hydrogens is 385 g/mol. The molecule has 7 heteroatoms. The SMILES string of the molecule is COc1cccc(N2CC[NH+](CC(=O)Nc3c(Cl)ccc(C)c3Cl)CC2)c1. The molecule has 2 aromatic rings. The molecular formula is C20H24Cl2N3O2+. The van der Waals surface area contributed by atoms with Gasteiger partial charge in [0.25, 0.3) is 5.91 Å². The summed E-state index contributed by atoms with van der Waals surface area (Å²) in [4.78, 5) is 16.0. The van der Waals surface area contributed by atoms with E-state index in [0.29, 0.717) is 22.3 Å². The second-order valence-corrected chi connectivity index (χ2v) is 7.50. The third-order valence-corrected chi connectivity index (χ3v) is 5.65. The van der Waals surface area contributed by atoms with Crippen LogP contribution in [0.4, 0.5) is 11.4 Å². The maximum absolute atomic E-state index is 12.5. The second kappa shape index (κ2) is 8.83. The van der Waals surface area contributed by atoms with Gasteiger partial charge in [0, 0.05) is 11.8 Å². The first-order valence-corrected chi connectivity index (χ1v) is 9.70. The van der Waals surface area contributed by atoms with Crippen molar-refractivity contribution in [2.45, 2.75) is 6.92 Å². The van der Waals surface area contributed by atoms with Crippen LogP contribution < -0.4 is 19.9 Å². The number of hydrogen-bond acceptors (Lipinski definition) is 3. The third-order valence-electron chi connectivity index (χ3n) is 4.85. The maximum atomic E-state index is 12.5. The van der Waals surface area contributed by atoms with E-state index in [1.165, 1.54) is 4.90 Å². The van der Waals surface area contributed by atoms with Crippen LogP contribution in [-0.2, 0) is 4.79 Å². The Bertz CT molecular complexity index is 821. The fourth-order valence-corrected chi connectivity index (χ4v) is 3.71. The number of rotatable bonds is 5. The Morgan fingerprint density at radius 2 is 1.96 bits per heavy atom. The number of halogens is 2. The summed E-state index contributed by atoms with van der Waals surface area (Å²) in [6, 6.07) is 11.6. The lowest BCUT2D eigenvalue weighted by atomic mass is 10.2. The van der Waals surface area contributed by atoms with Gasteiger partial charge in [0.15, 0.2) is 6.54 Å². The molecule has 0 unspecified atom stereocenters. The van der Waals surface area contributed by atoms with E-state index in [2.05, 4.69) is 16.3 Å². The molecule has 5 nitrogen and oxygen atoms in total. The molecule has 0 radical (unpaired) electrons. The number of carbonyl (C=O) groups excluding carboxylic acids is 1. The van der Waals surface area contributed by atoms with Gasteiger partial charge in [-0.15, -0.1) is 0 Å². The number of ether oxygens (including phenoxy) is 1. The predicted molar refractivity (Wildman–Crippen MR) is 111 cm³/mol. The minimum atomic E-state index is -0.0748. The van der Waals surface area contributed by atoms with Gasteiger partial charge in [0.2, 0.25) is 0 Å². The number of carbonyl (C=O) groups is 1. The molecule has 3 rings (SSSR count). The van der Waals surface area contributed by atoms with Crippen LogP contribution in [0.2, 0.25) is 10.0 Å². The number of amides is 1. The molecule has 27 heavy (non-hydrogen) atoms. The Labute approximate surface area is 169 Å². The first kappa shape index (κ1) is 19.8. The minimum absolute atomic E-state index is 0.0748. The zero-order chi connectivity index (χ0) is 19.4. The second-order valence-electron chi connectivity index (χ2n) is 6.72. The molecule has 1 aliphatic heterocycles. The molecule has 0 spiro atoms. The average molecular weight is 409 g/mol. The maximum Gasteiger partial charge on any atom is 0.279 e. The lowest BCUT2D eigenvalue weighted by Crippen LogP contribution is -3.15. The van der Waals surface area contributed by atoms with Crippen molar-refractivity contribution < 1.29 is 14.4 Å². The summed E-state index contributed by atoms with van der Waals surface area (Å²) in [6.45, 7) is 5.84. The van der Waals surface area contributed by atoms with E-state index in [0.717, 1.165) is 43.2 Å². The highest BCUT2D eigenvalue weighted by atomic mass is 35.5. The van der Waals surface area contributed by atoms with Gasteiger partial charge in [-0.1, -0.05) is 35.3 Å². The first-order chi connectivity index (χ1) is 13.0. The van der Waals surface area contributed by atoms with Gasteiger partial charge in [-0.25, -0.2) is 0 Å². The average Bonchev–Trinajstić information content (AvgIpc) is 2.69. The van der Waals surface area contributed by atoms with Crippen molar-refractivity contribution in [1.82, 2.24) is 0 Å². The van der Waals surface area contributed by atoms with Crippen LogP contribution in [0.15, 0.2) is 36.4 Å². The van der Waals surface area contributed by atoms with Crippen LogP contribution in [-0.4, -0.2) is 45.7 Å². The van der Waals surface area contributed by atoms with E-state index < -0.39 is 0 Å². The number of anilines is 2. The number of methoxy groups -OCH3 is 1. The van der Waals surface area contributed by atoms with Gasteiger partial charge in [-0.05, 0) is 30.7 Å². The van der Waals surface area contributed by atoms with Crippen molar-refractivity contribution in [3.63, 3.8) is 0 Å². The summed E-state index contributed by atoms with van der Waals surface area (Å²) in [7, 11) is 1.67. The largest absolute Gasteiger partial charge is 0.497 e. The molecule has 1 aliphatic rings. The lowest BCUT2D eigenvalue weighted by Gasteiger charge is -2.33. The summed E-state index contributed by atoms with van der Waals surface area (Å²) in [6.07, 6.45) is 0. The molecule has 2 aromatic carbocycles. The smallest absolute Gasteiger partial charge is 0.279 e. The summed E-state index contributed by atoms with van der Waals surface area (Å²) < 4.78 is 5.30. The molecule has 0 aliphatic carbocycles. The van der Waals surface area contributed by atoms with Crippen LogP contribution in [0.1, 0.15) is 5.56 Å². The number of quaternary nitrogens is 1. The summed E-state index contributed by atoms with van der Waals surface area (Å²) >= 11 is 12.5. The van der Waals surface area contributed by atoms with Crippen LogP contribution in [0.3, 0.4) is 0 Å². The Hall–Kier alpha value is -1.95. The Morgan fingerprint density at radius 1 is 1.22 bits per heavy atom. The molecule has 1 fully saturated rings. The molecule has 2 N–H and O–H groups in total. The topological polar surface area (TPSA) is 46.0 Å². The number of benzene rings is 2. The Morgan fingerprint density at radius 3 is 2.67 bits per heavy atom. The monoisotopic (exact) mass is 408 g/mol. The van der Waals surface area contributed by atoms with Crippen molar-refractivity contribution in [1.29, 1.82) is 0 Å². The normalized spacial score (nSPS) is 14.9. The van der Waals surface area contributed by atoms with Crippen LogP contribution >= 0.6 is 23.2 Å². The molecule has 0 bridgehead atoms.